The molecule has 0 saturated heterocycles. The standard InChI is InChI=1S/C15H21N5O2/c1-9-6-10(2)20-15(17-9)18-13(19-20)14(22)16-8-11-4-3-5-12(21)7-11/h6,11-12,21H,3-5,7-8H2,1-2H3,(H,16,22). The molecule has 1 fully saturated rings. The lowest BCUT2D eigenvalue weighted by atomic mass is 9.87. The fourth-order valence-corrected chi connectivity index (χ4v) is 3.03. The van der Waals surface area contributed by atoms with Crippen LogP contribution in [-0.2, 0) is 0 Å². The van der Waals surface area contributed by atoms with Crippen molar-refractivity contribution in [2.75, 3.05) is 6.54 Å². The van der Waals surface area contributed by atoms with E-state index in [4.69, 9.17) is 0 Å². The summed E-state index contributed by atoms with van der Waals surface area (Å²) in [6.07, 6.45) is 3.42. The van der Waals surface area contributed by atoms with Crippen molar-refractivity contribution in [2.45, 2.75) is 45.6 Å². The second kappa shape index (κ2) is 6.00. The second-order valence-electron chi connectivity index (χ2n) is 6.08. The molecule has 3 rings (SSSR count). The number of carbonyl (C=O) groups is 1. The van der Waals surface area contributed by atoms with E-state index in [0.717, 1.165) is 37.1 Å². The number of hydrogen-bond acceptors (Lipinski definition) is 5. The topological polar surface area (TPSA) is 92.4 Å². The first-order valence-corrected chi connectivity index (χ1v) is 7.70. The smallest absolute Gasteiger partial charge is 0.291 e. The Labute approximate surface area is 128 Å². The highest BCUT2D eigenvalue weighted by atomic mass is 16.3. The summed E-state index contributed by atoms with van der Waals surface area (Å²) in [6.45, 7) is 4.34. The number of amides is 1. The molecular formula is C15H21N5O2. The molecule has 1 saturated carbocycles. The van der Waals surface area contributed by atoms with Gasteiger partial charge in [0.1, 0.15) is 0 Å². The molecular weight excluding hydrogens is 282 g/mol. The number of aromatic nitrogens is 4. The number of rotatable bonds is 3. The maximum absolute atomic E-state index is 12.2. The Balaban J connectivity index is 1.68. The van der Waals surface area contributed by atoms with E-state index in [1.807, 2.05) is 19.9 Å². The van der Waals surface area contributed by atoms with Gasteiger partial charge in [0.05, 0.1) is 6.10 Å². The van der Waals surface area contributed by atoms with Gasteiger partial charge in [-0.15, -0.1) is 5.10 Å². The SMILES string of the molecule is Cc1cc(C)n2nc(C(=O)NCC3CCCC(O)C3)nc2n1. The molecule has 1 amide bonds. The predicted molar refractivity (Wildman–Crippen MR) is 80.6 cm³/mol. The maximum Gasteiger partial charge on any atom is 0.291 e. The molecule has 0 bridgehead atoms. The normalized spacial score (nSPS) is 22.0. The van der Waals surface area contributed by atoms with Crippen molar-refractivity contribution in [2.24, 2.45) is 5.92 Å². The van der Waals surface area contributed by atoms with E-state index in [9.17, 15) is 9.90 Å². The zero-order chi connectivity index (χ0) is 15.7. The Morgan fingerprint density at radius 3 is 3.00 bits per heavy atom. The second-order valence-corrected chi connectivity index (χ2v) is 6.08. The first-order chi connectivity index (χ1) is 10.5. The average Bonchev–Trinajstić information content (AvgIpc) is 2.89. The minimum Gasteiger partial charge on any atom is -0.393 e. The lowest BCUT2D eigenvalue weighted by Gasteiger charge is -2.25. The summed E-state index contributed by atoms with van der Waals surface area (Å²) in [5.74, 6) is 0.614. The highest BCUT2D eigenvalue weighted by Gasteiger charge is 2.22. The molecule has 0 spiro atoms. The van der Waals surface area contributed by atoms with E-state index in [1.165, 1.54) is 0 Å². The van der Waals surface area contributed by atoms with Crippen LogP contribution in [0.1, 0.15) is 47.7 Å². The monoisotopic (exact) mass is 303 g/mol. The number of fused-ring (bicyclic) bond motifs is 1. The van der Waals surface area contributed by atoms with Crippen molar-refractivity contribution < 1.29 is 9.90 Å². The van der Waals surface area contributed by atoms with Gasteiger partial charge in [-0.1, -0.05) is 6.42 Å². The summed E-state index contributed by atoms with van der Waals surface area (Å²) in [6, 6.07) is 1.90. The van der Waals surface area contributed by atoms with Gasteiger partial charge in [0.15, 0.2) is 0 Å². The molecule has 0 radical (unpaired) electrons. The zero-order valence-corrected chi connectivity index (χ0v) is 12.9. The molecule has 2 unspecified atom stereocenters. The summed E-state index contributed by atoms with van der Waals surface area (Å²) in [4.78, 5) is 20.7. The lowest BCUT2D eigenvalue weighted by Crippen LogP contribution is -2.33. The number of carbonyl (C=O) groups excluding carboxylic acids is 1. The molecule has 0 aliphatic heterocycles. The number of aryl methyl sites for hydroxylation is 2. The van der Waals surface area contributed by atoms with Crippen molar-refractivity contribution in [3.05, 3.63) is 23.3 Å². The van der Waals surface area contributed by atoms with E-state index >= 15 is 0 Å². The van der Waals surface area contributed by atoms with Crippen LogP contribution in [0.4, 0.5) is 0 Å². The van der Waals surface area contributed by atoms with Crippen molar-refractivity contribution >= 4 is 11.7 Å². The lowest BCUT2D eigenvalue weighted by molar-refractivity contribution is 0.0866. The molecule has 0 aromatic carbocycles. The third-order valence-electron chi connectivity index (χ3n) is 4.13. The largest absolute Gasteiger partial charge is 0.393 e. The van der Waals surface area contributed by atoms with E-state index in [0.29, 0.717) is 18.2 Å². The van der Waals surface area contributed by atoms with Crippen LogP contribution in [0.2, 0.25) is 0 Å². The summed E-state index contributed by atoms with van der Waals surface area (Å²) < 4.78 is 1.58. The number of hydrogen-bond donors (Lipinski definition) is 2. The molecule has 2 heterocycles. The van der Waals surface area contributed by atoms with Gasteiger partial charge < -0.3 is 10.4 Å². The van der Waals surface area contributed by atoms with Crippen molar-refractivity contribution in [3.63, 3.8) is 0 Å². The zero-order valence-electron chi connectivity index (χ0n) is 12.9. The molecule has 2 aromatic rings. The van der Waals surface area contributed by atoms with Gasteiger partial charge >= 0.3 is 0 Å². The molecule has 22 heavy (non-hydrogen) atoms. The van der Waals surface area contributed by atoms with Crippen molar-refractivity contribution in [3.8, 4) is 0 Å². The summed E-state index contributed by atoms with van der Waals surface area (Å²) in [5.41, 5.74) is 1.74. The minimum absolute atomic E-state index is 0.137. The summed E-state index contributed by atoms with van der Waals surface area (Å²) in [5, 5.41) is 16.7. The van der Waals surface area contributed by atoms with Gasteiger partial charge in [0, 0.05) is 17.9 Å². The molecule has 2 atom stereocenters. The van der Waals surface area contributed by atoms with Crippen LogP contribution in [0.15, 0.2) is 6.07 Å². The minimum atomic E-state index is -0.289. The molecule has 7 heteroatoms. The van der Waals surface area contributed by atoms with Crippen molar-refractivity contribution in [1.29, 1.82) is 0 Å². The Hall–Kier alpha value is -2.02. The first-order valence-electron chi connectivity index (χ1n) is 7.70. The Morgan fingerprint density at radius 2 is 2.23 bits per heavy atom. The van der Waals surface area contributed by atoms with Crippen LogP contribution < -0.4 is 5.32 Å². The van der Waals surface area contributed by atoms with Gasteiger partial charge in [-0.2, -0.15) is 4.98 Å². The summed E-state index contributed by atoms with van der Waals surface area (Å²) >= 11 is 0. The number of nitrogens with zero attached hydrogens (tertiary/aromatic N) is 4. The van der Waals surface area contributed by atoms with Crippen molar-refractivity contribution in [1.82, 2.24) is 24.9 Å². The van der Waals surface area contributed by atoms with E-state index in [1.54, 1.807) is 4.52 Å². The number of nitrogens with one attached hydrogen (secondary N) is 1. The maximum atomic E-state index is 12.2. The predicted octanol–water partition coefficient (Wildman–Crippen LogP) is 1.02. The van der Waals surface area contributed by atoms with Gasteiger partial charge in [-0.05, 0) is 45.1 Å². The van der Waals surface area contributed by atoms with Crippen LogP contribution >= 0.6 is 0 Å². The fourth-order valence-electron chi connectivity index (χ4n) is 3.03. The Morgan fingerprint density at radius 1 is 1.41 bits per heavy atom. The third-order valence-corrected chi connectivity index (χ3v) is 4.13. The van der Waals surface area contributed by atoms with E-state index in [-0.39, 0.29) is 17.8 Å². The number of aliphatic hydroxyl groups excluding tert-OH is 1. The van der Waals surface area contributed by atoms with Crippen LogP contribution in [0.3, 0.4) is 0 Å². The van der Waals surface area contributed by atoms with Crippen LogP contribution in [0.5, 0.6) is 0 Å². The summed E-state index contributed by atoms with van der Waals surface area (Å²) in [7, 11) is 0. The highest BCUT2D eigenvalue weighted by Crippen LogP contribution is 2.23. The molecule has 7 nitrogen and oxygen atoms in total. The van der Waals surface area contributed by atoms with Gasteiger partial charge in [0.2, 0.25) is 5.82 Å². The van der Waals surface area contributed by atoms with Crippen LogP contribution in [-0.4, -0.2) is 43.2 Å². The van der Waals surface area contributed by atoms with E-state index in [2.05, 4.69) is 20.4 Å². The Bertz CT molecular complexity index is 697. The van der Waals surface area contributed by atoms with Gasteiger partial charge in [0.25, 0.3) is 11.7 Å². The third kappa shape index (κ3) is 3.09. The first kappa shape index (κ1) is 14.9. The average molecular weight is 303 g/mol. The molecule has 1 aliphatic rings. The van der Waals surface area contributed by atoms with Crippen LogP contribution in [0.25, 0.3) is 5.78 Å². The molecule has 118 valence electrons. The highest BCUT2D eigenvalue weighted by molar-refractivity contribution is 5.90. The molecule has 2 N–H and O–H groups in total. The van der Waals surface area contributed by atoms with Gasteiger partial charge in [-0.3, -0.25) is 4.79 Å². The van der Waals surface area contributed by atoms with Gasteiger partial charge in [-0.25, -0.2) is 9.50 Å². The fraction of sp³-hybridized carbons (Fsp3) is 0.600. The van der Waals surface area contributed by atoms with Crippen LogP contribution in [0, 0.1) is 19.8 Å². The Kier molecular flexibility index (Phi) is 4.06. The number of aliphatic hydroxyl groups is 1. The quantitative estimate of drug-likeness (QED) is 0.883. The molecule has 2 aromatic heterocycles. The molecule has 1 aliphatic carbocycles. The van der Waals surface area contributed by atoms with E-state index < -0.39 is 0 Å².